The number of hydrogen-bond donors (Lipinski definition) is 1. The van der Waals surface area contributed by atoms with Gasteiger partial charge in [0.05, 0.1) is 6.61 Å². The first-order chi connectivity index (χ1) is 8.31. The first-order valence-corrected chi connectivity index (χ1v) is 5.38. The summed E-state index contributed by atoms with van der Waals surface area (Å²) in [6.45, 7) is 1.28. The quantitative estimate of drug-likeness (QED) is 0.844. The van der Waals surface area contributed by atoms with E-state index in [1.807, 2.05) is 0 Å². The standard InChI is InChI=1S/C12H14F3NO2/c1-2-18-10(17)11(16,12(13,14)15)8-9-6-4-3-5-7-9/h3-7H,2,8,16H2,1H3/t11-/m1/s1. The van der Waals surface area contributed by atoms with Gasteiger partial charge in [-0.25, -0.2) is 4.79 Å². The van der Waals surface area contributed by atoms with Gasteiger partial charge in [-0.1, -0.05) is 30.3 Å². The Labute approximate surface area is 103 Å². The molecule has 0 aliphatic carbocycles. The van der Waals surface area contributed by atoms with Crippen molar-refractivity contribution in [1.29, 1.82) is 0 Å². The summed E-state index contributed by atoms with van der Waals surface area (Å²) in [7, 11) is 0. The van der Waals surface area contributed by atoms with Gasteiger partial charge in [0.15, 0.2) is 0 Å². The molecule has 0 bridgehead atoms. The van der Waals surface area contributed by atoms with Crippen molar-refractivity contribution in [3.05, 3.63) is 35.9 Å². The lowest BCUT2D eigenvalue weighted by atomic mass is 9.91. The maximum Gasteiger partial charge on any atom is 0.417 e. The van der Waals surface area contributed by atoms with Crippen LogP contribution in [0.15, 0.2) is 30.3 Å². The average Bonchev–Trinajstić information content (AvgIpc) is 2.29. The molecule has 6 heteroatoms. The summed E-state index contributed by atoms with van der Waals surface area (Å²) < 4.78 is 43.2. The van der Waals surface area contributed by atoms with Crippen molar-refractivity contribution in [2.45, 2.75) is 25.1 Å². The Morgan fingerprint density at radius 1 is 1.28 bits per heavy atom. The molecule has 1 atom stereocenters. The van der Waals surface area contributed by atoms with Gasteiger partial charge in [0, 0.05) is 6.42 Å². The molecule has 18 heavy (non-hydrogen) atoms. The van der Waals surface area contributed by atoms with Crippen molar-refractivity contribution in [2.75, 3.05) is 6.61 Å². The van der Waals surface area contributed by atoms with Crippen LogP contribution in [-0.2, 0) is 16.0 Å². The van der Waals surface area contributed by atoms with Crippen LogP contribution in [0.5, 0.6) is 0 Å². The molecule has 1 rings (SSSR count). The van der Waals surface area contributed by atoms with Crippen LogP contribution in [0.4, 0.5) is 13.2 Å². The molecule has 1 aromatic carbocycles. The summed E-state index contributed by atoms with van der Waals surface area (Å²) in [5.74, 6) is -1.46. The Hall–Kier alpha value is -1.56. The minimum atomic E-state index is -4.87. The van der Waals surface area contributed by atoms with Crippen LogP contribution in [0, 0.1) is 0 Å². The summed E-state index contributed by atoms with van der Waals surface area (Å²) in [5.41, 5.74) is 2.55. The molecule has 0 spiro atoms. The van der Waals surface area contributed by atoms with Gasteiger partial charge in [0.1, 0.15) is 0 Å². The van der Waals surface area contributed by atoms with E-state index in [9.17, 15) is 18.0 Å². The largest absolute Gasteiger partial charge is 0.464 e. The number of esters is 1. The fourth-order valence-corrected chi connectivity index (χ4v) is 1.47. The van der Waals surface area contributed by atoms with E-state index in [0.717, 1.165) is 0 Å². The monoisotopic (exact) mass is 261 g/mol. The first kappa shape index (κ1) is 14.5. The number of carbonyl (C=O) groups is 1. The van der Waals surface area contributed by atoms with Crippen LogP contribution in [0.1, 0.15) is 12.5 Å². The number of carbonyl (C=O) groups excluding carboxylic acids is 1. The molecule has 2 N–H and O–H groups in total. The number of nitrogens with two attached hydrogens (primary N) is 1. The number of ether oxygens (including phenoxy) is 1. The van der Waals surface area contributed by atoms with Gasteiger partial charge in [0.25, 0.3) is 0 Å². The van der Waals surface area contributed by atoms with Gasteiger partial charge in [-0.3, -0.25) is 0 Å². The van der Waals surface area contributed by atoms with E-state index in [2.05, 4.69) is 4.74 Å². The smallest absolute Gasteiger partial charge is 0.417 e. The lowest BCUT2D eigenvalue weighted by Crippen LogP contribution is -2.61. The fourth-order valence-electron chi connectivity index (χ4n) is 1.47. The molecular formula is C12H14F3NO2. The van der Waals surface area contributed by atoms with E-state index in [1.54, 1.807) is 18.2 Å². The zero-order chi connectivity index (χ0) is 13.8. The van der Waals surface area contributed by atoms with Crippen LogP contribution in [0.25, 0.3) is 0 Å². The molecule has 0 aromatic heterocycles. The molecule has 0 fully saturated rings. The highest BCUT2D eigenvalue weighted by atomic mass is 19.4. The molecule has 0 amide bonds. The summed E-state index contributed by atoms with van der Waals surface area (Å²) in [5, 5.41) is 0. The average molecular weight is 261 g/mol. The summed E-state index contributed by atoms with van der Waals surface area (Å²) in [6, 6.07) is 7.79. The second-order valence-electron chi connectivity index (χ2n) is 3.85. The Balaban J connectivity index is 3.03. The third-order valence-corrected chi connectivity index (χ3v) is 2.47. The second-order valence-corrected chi connectivity index (χ2v) is 3.85. The predicted molar refractivity (Wildman–Crippen MR) is 59.8 cm³/mol. The molecule has 100 valence electrons. The van der Waals surface area contributed by atoms with Crippen molar-refractivity contribution < 1.29 is 22.7 Å². The van der Waals surface area contributed by atoms with E-state index in [1.165, 1.54) is 19.1 Å². The zero-order valence-corrected chi connectivity index (χ0v) is 9.83. The number of alkyl halides is 3. The summed E-state index contributed by atoms with van der Waals surface area (Å²) in [4.78, 5) is 11.4. The summed E-state index contributed by atoms with van der Waals surface area (Å²) >= 11 is 0. The lowest BCUT2D eigenvalue weighted by Gasteiger charge is -2.29. The highest BCUT2D eigenvalue weighted by molar-refractivity contribution is 5.82. The van der Waals surface area contributed by atoms with Gasteiger partial charge in [-0.05, 0) is 12.5 Å². The highest BCUT2D eigenvalue weighted by Crippen LogP contribution is 2.32. The third-order valence-electron chi connectivity index (χ3n) is 2.47. The molecule has 1 aromatic rings. The fraction of sp³-hybridized carbons (Fsp3) is 0.417. The maximum atomic E-state index is 12.9. The molecule has 0 radical (unpaired) electrons. The number of rotatable bonds is 4. The van der Waals surface area contributed by atoms with E-state index in [4.69, 9.17) is 5.73 Å². The molecule has 0 saturated heterocycles. The zero-order valence-electron chi connectivity index (χ0n) is 9.83. The topological polar surface area (TPSA) is 52.3 Å². The molecule has 0 heterocycles. The van der Waals surface area contributed by atoms with Gasteiger partial charge in [-0.2, -0.15) is 13.2 Å². The Kier molecular flexibility index (Phi) is 4.34. The minimum Gasteiger partial charge on any atom is -0.464 e. The number of halogens is 3. The van der Waals surface area contributed by atoms with Crippen molar-refractivity contribution in [3.8, 4) is 0 Å². The van der Waals surface area contributed by atoms with Crippen molar-refractivity contribution in [3.63, 3.8) is 0 Å². The van der Waals surface area contributed by atoms with Crippen molar-refractivity contribution in [1.82, 2.24) is 0 Å². The molecule has 0 unspecified atom stereocenters. The van der Waals surface area contributed by atoms with Gasteiger partial charge < -0.3 is 10.5 Å². The van der Waals surface area contributed by atoms with Gasteiger partial charge in [-0.15, -0.1) is 0 Å². The minimum absolute atomic E-state index is 0.150. The van der Waals surface area contributed by atoms with E-state index < -0.39 is 24.1 Å². The molecular weight excluding hydrogens is 247 g/mol. The first-order valence-electron chi connectivity index (χ1n) is 5.38. The SMILES string of the molecule is CCOC(=O)[C@](N)(Cc1ccccc1)C(F)(F)F. The van der Waals surface area contributed by atoms with E-state index in [-0.39, 0.29) is 6.61 Å². The molecule has 0 aliphatic rings. The Morgan fingerprint density at radius 3 is 2.28 bits per heavy atom. The van der Waals surface area contributed by atoms with Gasteiger partial charge in [0.2, 0.25) is 5.54 Å². The van der Waals surface area contributed by atoms with Crippen LogP contribution >= 0.6 is 0 Å². The lowest BCUT2D eigenvalue weighted by molar-refractivity contribution is -0.205. The maximum absolute atomic E-state index is 12.9. The summed E-state index contributed by atoms with van der Waals surface area (Å²) in [6.07, 6.45) is -5.51. The molecule has 0 aliphatic heterocycles. The molecule has 0 saturated carbocycles. The Bertz CT molecular complexity index is 406. The number of hydrogen-bond acceptors (Lipinski definition) is 3. The Morgan fingerprint density at radius 2 is 1.83 bits per heavy atom. The highest BCUT2D eigenvalue weighted by Gasteiger charge is 2.58. The van der Waals surface area contributed by atoms with Crippen molar-refractivity contribution >= 4 is 5.97 Å². The third kappa shape index (κ3) is 3.01. The van der Waals surface area contributed by atoms with Crippen LogP contribution in [-0.4, -0.2) is 24.3 Å². The van der Waals surface area contributed by atoms with E-state index >= 15 is 0 Å². The number of benzene rings is 1. The van der Waals surface area contributed by atoms with Gasteiger partial charge >= 0.3 is 12.1 Å². The van der Waals surface area contributed by atoms with Crippen LogP contribution < -0.4 is 5.73 Å². The predicted octanol–water partition coefficient (Wildman–Crippen LogP) is 2.05. The second kappa shape index (κ2) is 5.39. The molecule has 3 nitrogen and oxygen atoms in total. The van der Waals surface area contributed by atoms with Crippen molar-refractivity contribution in [2.24, 2.45) is 5.73 Å². The normalized spacial score (nSPS) is 14.9. The van der Waals surface area contributed by atoms with Crippen LogP contribution in [0.2, 0.25) is 0 Å². The van der Waals surface area contributed by atoms with Crippen LogP contribution in [0.3, 0.4) is 0 Å². The van der Waals surface area contributed by atoms with E-state index in [0.29, 0.717) is 5.56 Å².